The van der Waals surface area contributed by atoms with E-state index in [-0.39, 0.29) is 16.5 Å². The van der Waals surface area contributed by atoms with Crippen LogP contribution in [0.3, 0.4) is 0 Å². The van der Waals surface area contributed by atoms with Crippen LogP contribution in [-0.2, 0) is 5.41 Å². The van der Waals surface area contributed by atoms with Crippen molar-refractivity contribution in [2.24, 2.45) is 0 Å². The van der Waals surface area contributed by atoms with Gasteiger partial charge in [-0.1, -0.05) is 20.8 Å². The molecule has 0 aliphatic heterocycles. The summed E-state index contributed by atoms with van der Waals surface area (Å²) in [6.07, 6.45) is 0. The van der Waals surface area contributed by atoms with E-state index in [0.29, 0.717) is 21.7 Å². The summed E-state index contributed by atoms with van der Waals surface area (Å²) in [5, 5.41) is 6.80. The minimum Gasteiger partial charge on any atom is -0.305 e. The van der Waals surface area contributed by atoms with Crippen LogP contribution in [0.25, 0.3) is 21.7 Å². The number of aromatic nitrogens is 4. The minimum absolute atomic E-state index is 0.0335. The number of thiophene rings is 1. The topological polar surface area (TPSA) is 91.5 Å². The molecule has 0 aliphatic carbocycles. The first-order valence-electron chi connectivity index (χ1n) is 6.45. The first-order valence-corrected chi connectivity index (χ1v) is 7.27. The van der Waals surface area contributed by atoms with E-state index in [4.69, 9.17) is 0 Å². The highest BCUT2D eigenvalue weighted by Gasteiger charge is 2.19. The highest BCUT2D eigenvalue weighted by Crippen LogP contribution is 2.32. The summed E-state index contributed by atoms with van der Waals surface area (Å²) in [5.41, 5.74) is -0.101. The van der Waals surface area contributed by atoms with E-state index in [0.717, 1.165) is 4.88 Å². The Kier molecular flexibility index (Phi) is 3.02. The summed E-state index contributed by atoms with van der Waals surface area (Å²) in [6.45, 7) is 6.28. The van der Waals surface area contributed by atoms with Crippen molar-refractivity contribution in [3.8, 4) is 11.5 Å². The van der Waals surface area contributed by atoms with Gasteiger partial charge in [0, 0.05) is 10.9 Å². The molecule has 3 rings (SSSR count). The van der Waals surface area contributed by atoms with Crippen LogP contribution >= 0.6 is 11.3 Å². The van der Waals surface area contributed by atoms with Crippen LogP contribution < -0.4 is 11.1 Å². The van der Waals surface area contributed by atoms with Crippen LogP contribution in [0.5, 0.6) is 0 Å². The summed E-state index contributed by atoms with van der Waals surface area (Å²) >= 11 is 1.50. The predicted octanol–water partition coefficient (Wildman–Crippen LogP) is 2.03. The number of fused-ring (bicyclic) bond motifs is 1. The summed E-state index contributed by atoms with van der Waals surface area (Å²) in [5.74, 6) is 0.353. The highest BCUT2D eigenvalue weighted by atomic mass is 32.1. The number of hydrogen-bond donors (Lipinski definition) is 2. The Morgan fingerprint density at radius 2 is 1.95 bits per heavy atom. The average molecular weight is 302 g/mol. The molecule has 108 valence electrons. The van der Waals surface area contributed by atoms with Gasteiger partial charge >= 0.3 is 0 Å². The third-order valence-electron chi connectivity index (χ3n) is 3.06. The quantitative estimate of drug-likeness (QED) is 0.719. The van der Waals surface area contributed by atoms with Crippen LogP contribution in [0.1, 0.15) is 25.6 Å². The second-order valence-electron chi connectivity index (χ2n) is 5.80. The lowest BCUT2D eigenvalue weighted by Gasteiger charge is -2.14. The molecule has 0 unspecified atom stereocenters. The fourth-order valence-electron chi connectivity index (χ4n) is 1.90. The van der Waals surface area contributed by atoms with Crippen molar-refractivity contribution in [2.75, 3.05) is 0 Å². The molecule has 0 fully saturated rings. The molecule has 6 nitrogen and oxygen atoms in total. The van der Waals surface area contributed by atoms with Gasteiger partial charge < -0.3 is 4.98 Å². The Hall–Kier alpha value is -2.28. The van der Waals surface area contributed by atoms with Gasteiger partial charge in [0.2, 0.25) is 0 Å². The molecule has 7 heteroatoms. The van der Waals surface area contributed by atoms with Crippen molar-refractivity contribution in [3.05, 3.63) is 43.8 Å². The highest BCUT2D eigenvalue weighted by molar-refractivity contribution is 7.18. The molecule has 2 N–H and O–H groups in total. The second-order valence-corrected chi connectivity index (χ2v) is 6.83. The first-order chi connectivity index (χ1) is 9.84. The standard InChI is InChI=1S/C14H14N4O2S/c1-14(2,3)9-6-7-12(20)15-11(16-13(7)21-9)8-4-5-10(19)18-17-8/h4-6H,1-3H3,(H,18,19)(H,15,16,20). The van der Waals surface area contributed by atoms with Gasteiger partial charge in [-0.2, -0.15) is 5.10 Å². The largest absolute Gasteiger partial charge is 0.305 e. The van der Waals surface area contributed by atoms with E-state index in [1.54, 1.807) is 0 Å². The maximum absolute atomic E-state index is 12.2. The van der Waals surface area contributed by atoms with E-state index in [1.165, 1.54) is 23.5 Å². The molecular weight excluding hydrogens is 288 g/mol. The van der Waals surface area contributed by atoms with Crippen LogP contribution in [0.4, 0.5) is 0 Å². The number of hydrogen-bond acceptors (Lipinski definition) is 5. The van der Waals surface area contributed by atoms with Crippen LogP contribution in [0.2, 0.25) is 0 Å². The van der Waals surface area contributed by atoms with Crippen molar-refractivity contribution >= 4 is 21.6 Å². The van der Waals surface area contributed by atoms with E-state index < -0.39 is 0 Å². The molecule has 0 saturated heterocycles. The number of aromatic amines is 2. The SMILES string of the molecule is CC(C)(C)c1cc2c(=O)[nH]c(-c3ccc(=O)[nH]n3)nc2s1. The number of rotatable bonds is 1. The smallest absolute Gasteiger partial charge is 0.264 e. The van der Waals surface area contributed by atoms with E-state index in [2.05, 4.69) is 40.9 Å². The Morgan fingerprint density at radius 1 is 1.19 bits per heavy atom. The molecule has 0 saturated carbocycles. The van der Waals surface area contributed by atoms with Gasteiger partial charge in [-0.25, -0.2) is 10.1 Å². The molecule has 3 aromatic rings. The molecule has 0 aromatic carbocycles. The maximum atomic E-state index is 12.2. The van der Waals surface area contributed by atoms with Crippen LogP contribution in [0, 0.1) is 0 Å². The van der Waals surface area contributed by atoms with Gasteiger partial charge in [0.15, 0.2) is 5.82 Å². The maximum Gasteiger partial charge on any atom is 0.264 e. The monoisotopic (exact) mass is 302 g/mol. The van der Waals surface area contributed by atoms with E-state index >= 15 is 0 Å². The Morgan fingerprint density at radius 3 is 2.57 bits per heavy atom. The molecule has 0 spiro atoms. The van der Waals surface area contributed by atoms with Crippen molar-refractivity contribution in [3.63, 3.8) is 0 Å². The van der Waals surface area contributed by atoms with E-state index in [1.807, 2.05) is 6.07 Å². The zero-order valence-electron chi connectivity index (χ0n) is 11.9. The molecular formula is C14H14N4O2S. The van der Waals surface area contributed by atoms with Crippen molar-refractivity contribution in [1.29, 1.82) is 0 Å². The van der Waals surface area contributed by atoms with Crippen molar-refractivity contribution in [1.82, 2.24) is 20.2 Å². The molecule has 0 radical (unpaired) electrons. The Bertz CT molecular complexity index is 910. The second kappa shape index (κ2) is 4.63. The lowest BCUT2D eigenvalue weighted by Crippen LogP contribution is -2.11. The Balaban J connectivity index is 2.21. The molecule has 0 atom stereocenters. The van der Waals surface area contributed by atoms with Gasteiger partial charge in [-0.15, -0.1) is 11.3 Å². The zero-order valence-corrected chi connectivity index (χ0v) is 12.7. The fraction of sp³-hybridized carbons (Fsp3) is 0.286. The third kappa shape index (κ3) is 2.52. The normalized spacial score (nSPS) is 12.0. The zero-order chi connectivity index (χ0) is 15.2. The lowest BCUT2D eigenvalue weighted by atomic mass is 9.94. The molecule has 0 bridgehead atoms. The van der Waals surface area contributed by atoms with Gasteiger partial charge in [0.1, 0.15) is 10.5 Å². The molecule has 3 aromatic heterocycles. The van der Waals surface area contributed by atoms with Gasteiger partial charge in [-0.05, 0) is 17.5 Å². The molecule has 3 heterocycles. The van der Waals surface area contributed by atoms with Gasteiger partial charge in [-0.3, -0.25) is 9.59 Å². The molecule has 0 aliphatic rings. The van der Waals surface area contributed by atoms with Gasteiger partial charge in [0.25, 0.3) is 11.1 Å². The molecule has 0 amide bonds. The average Bonchev–Trinajstić information content (AvgIpc) is 2.84. The van der Waals surface area contributed by atoms with Gasteiger partial charge in [0.05, 0.1) is 5.39 Å². The lowest BCUT2D eigenvalue weighted by molar-refractivity contribution is 0.604. The Labute approximate surface area is 123 Å². The number of nitrogens with one attached hydrogen (secondary N) is 2. The van der Waals surface area contributed by atoms with Crippen molar-refractivity contribution in [2.45, 2.75) is 26.2 Å². The van der Waals surface area contributed by atoms with E-state index in [9.17, 15) is 9.59 Å². The summed E-state index contributed by atoms with van der Waals surface area (Å²) in [4.78, 5) is 32.2. The van der Waals surface area contributed by atoms with Crippen LogP contribution in [-0.4, -0.2) is 20.2 Å². The summed E-state index contributed by atoms with van der Waals surface area (Å²) < 4.78 is 0. The summed E-state index contributed by atoms with van der Waals surface area (Å²) in [6, 6.07) is 4.76. The van der Waals surface area contributed by atoms with Crippen LogP contribution in [0.15, 0.2) is 27.8 Å². The fourth-order valence-corrected chi connectivity index (χ4v) is 2.99. The number of H-pyrrole nitrogens is 2. The molecule has 21 heavy (non-hydrogen) atoms. The first kappa shape index (κ1) is 13.7. The third-order valence-corrected chi connectivity index (χ3v) is 4.52. The summed E-state index contributed by atoms with van der Waals surface area (Å²) in [7, 11) is 0. The predicted molar refractivity (Wildman–Crippen MR) is 82.8 cm³/mol. The number of nitrogens with zero attached hydrogens (tertiary/aromatic N) is 2. The van der Waals surface area contributed by atoms with Crippen molar-refractivity contribution < 1.29 is 0 Å². The minimum atomic E-state index is -0.298.